The van der Waals surface area contributed by atoms with E-state index >= 15 is 0 Å². The molecule has 0 bridgehead atoms. The molecule has 2 amide bonds. The van der Waals surface area contributed by atoms with Crippen molar-refractivity contribution in [1.82, 2.24) is 4.90 Å². The lowest BCUT2D eigenvalue weighted by molar-refractivity contribution is 0.0761. The smallest absolute Gasteiger partial charge is 0.255 e. The highest BCUT2D eigenvalue weighted by molar-refractivity contribution is 14.1. The van der Waals surface area contributed by atoms with Gasteiger partial charge in [0.15, 0.2) is 0 Å². The van der Waals surface area contributed by atoms with Gasteiger partial charge in [0.2, 0.25) is 0 Å². The van der Waals surface area contributed by atoms with Gasteiger partial charge >= 0.3 is 0 Å². The standard InChI is InChI=1S/C20H21IN2O2/c21-17-9-5-7-15(13-17)19(24)22-18-10-6-8-16(14-18)20(25)23-11-3-1-2-4-12-23/h5-10,13-14H,1-4,11-12H2,(H,22,24). The molecule has 1 heterocycles. The molecule has 130 valence electrons. The second kappa shape index (κ2) is 8.47. The summed E-state index contributed by atoms with van der Waals surface area (Å²) < 4.78 is 1.01. The average molecular weight is 448 g/mol. The maximum absolute atomic E-state index is 12.7. The van der Waals surface area contributed by atoms with Crippen molar-refractivity contribution in [3.05, 3.63) is 63.2 Å². The highest BCUT2D eigenvalue weighted by atomic mass is 127. The normalized spacial score (nSPS) is 14.7. The van der Waals surface area contributed by atoms with Crippen LogP contribution in [0.4, 0.5) is 5.69 Å². The van der Waals surface area contributed by atoms with Crippen LogP contribution in [0.1, 0.15) is 46.4 Å². The minimum absolute atomic E-state index is 0.0484. The van der Waals surface area contributed by atoms with Crippen molar-refractivity contribution in [3.8, 4) is 0 Å². The Morgan fingerprint density at radius 2 is 1.56 bits per heavy atom. The number of nitrogens with one attached hydrogen (secondary N) is 1. The summed E-state index contributed by atoms with van der Waals surface area (Å²) >= 11 is 2.18. The Kier molecular flexibility index (Phi) is 6.07. The molecule has 2 aromatic carbocycles. The number of hydrogen-bond donors (Lipinski definition) is 1. The molecule has 25 heavy (non-hydrogen) atoms. The first kappa shape index (κ1) is 17.9. The largest absolute Gasteiger partial charge is 0.339 e. The van der Waals surface area contributed by atoms with Gasteiger partial charge in [-0.3, -0.25) is 9.59 Å². The Hall–Kier alpha value is -1.89. The van der Waals surface area contributed by atoms with Crippen LogP contribution < -0.4 is 5.32 Å². The number of hydrogen-bond acceptors (Lipinski definition) is 2. The number of nitrogens with zero attached hydrogens (tertiary/aromatic N) is 1. The molecule has 0 spiro atoms. The van der Waals surface area contributed by atoms with Crippen LogP contribution in [-0.2, 0) is 0 Å². The van der Waals surface area contributed by atoms with Crippen molar-refractivity contribution in [2.75, 3.05) is 18.4 Å². The summed E-state index contributed by atoms with van der Waals surface area (Å²) in [5, 5.41) is 2.88. The Morgan fingerprint density at radius 3 is 2.28 bits per heavy atom. The van der Waals surface area contributed by atoms with Gasteiger partial charge in [-0.05, 0) is 71.8 Å². The number of anilines is 1. The number of likely N-dealkylation sites (tertiary alicyclic amines) is 1. The quantitative estimate of drug-likeness (QED) is 0.701. The van der Waals surface area contributed by atoms with Crippen LogP contribution in [0.15, 0.2) is 48.5 Å². The van der Waals surface area contributed by atoms with E-state index in [1.807, 2.05) is 41.3 Å². The first-order valence-corrected chi connectivity index (χ1v) is 9.67. The van der Waals surface area contributed by atoms with Gasteiger partial charge in [-0.15, -0.1) is 0 Å². The molecule has 0 saturated carbocycles. The molecule has 0 radical (unpaired) electrons. The summed E-state index contributed by atoms with van der Waals surface area (Å²) in [5.74, 6) is -0.120. The Bertz CT molecular complexity index is 768. The lowest BCUT2D eigenvalue weighted by atomic mass is 10.1. The summed E-state index contributed by atoms with van der Waals surface area (Å²) in [4.78, 5) is 27.0. The number of rotatable bonds is 3. The first-order valence-electron chi connectivity index (χ1n) is 8.60. The summed E-state index contributed by atoms with van der Waals surface area (Å²) in [5.41, 5.74) is 1.88. The van der Waals surface area contributed by atoms with E-state index in [1.54, 1.807) is 12.1 Å². The molecular formula is C20H21IN2O2. The molecule has 5 heteroatoms. The zero-order chi connectivity index (χ0) is 17.6. The van der Waals surface area contributed by atoms with E-state index in [0.29, 0.717) is 16.8 Å². The van der Waals surface area contributed by atoms with Crippen LogP contribution in [-0.4, -0.2) is 29.8 Å². The third-order valence-electron chi connectivity index (χ3n) is 4.35. The van der Waals surface area contributed by atoms with Crippen molar-refractivity contribution in [2.45, 2.75) is 25.7 Å². The van der Waals surface area contributed by atoms with Crippen molar-refractivity contribution in [3.63, 3.8) is 0 Å². The van der Waals surface area contributed by atoms with Crippen LogP contribution in [0.5, 0.6) is 0 Å². The number of benzene rings is 2. The van der Waals surface area contributed by atoms with Crippen LogP contribution in [0.25, 0.3) is 0 Å². The summed E-state index contributed by atoms with van der Waals surface area (Å²) in [6.45, 7) is 1.63. The number of amides is 2. The second-order valence-corrected chi connectivity index (χ2v) is 7.50. The van der Waals surface area contributed by atoms with Crippen molar-refractivity contribution < 1.29 is 9.59 Å². The van der Waals surface area contributed by atoms with Gasteiger partial charge in [0, 0.05) is 33.5 Å². The summed E-state index contributed by atoms with van der Waals surface area (Å²) in [6.07, 6.45) is 4.51. The van der Waals surface area contributed by atoms with E-state index in [0.717, 1.165) is 29.5 Å². The van der Waals surface area contributed by atoms with Crippen LogP contribution in [0.3, 0.4) is 0 Å². The molecular weight excluding hydrogens is 427 g/mol. The fourth-order valence-electron chi connectivity index (χ4n) is 3.02. The Labute approximate surface area is 161 Å². The summed E-state index contributed by atoms with van der Waals surface area (Å²) in [7, 11) is 0. The third-order valence-corrected chi connectivity index (χ3v) is 5.02. The zero-order valence-electron chi connectivity index (χ0n) is 14.0. The van der Waals surface area contributed by atoms with Gasteiger partial charge in [-0.25, -0.2) is 0 Å². The maximum Gasteiger partial charge on any atom is 0.255 e. The summed E-state index contributed by atoms with van der Waals surface area (Å²) in [6, 6.07) is 14.6. The van der Waals surface area contributed by atoms with Crippen LogP contribution >= 0.6 is 22.6 Å². The van der Waals surface area contributed by atoms with Gasteiger partial charge in [0.05, 0.1) is 0 Å². The van der Waals surface area contributed by atoms with E-state index in [1.165, 1.54) is 12.8 Å². The van der Waals surface area contributed by atoms with Crippen LogP contribution in [0.2, 0.25) is 0 Å². The zero-order valence-corrected chi connectivity index (χ0v) is 16.2. The number of halogens is 1. The molecule has 1 aliphatic heterocycles. The Balaban J connectivity index is 1.72. The fraction of sp³-hybridized carbons (Fsp3) is 0.300. The first-order chi connectivity index (χ1) is 12.1. The lowest BCUT2D eigenvalue weighted by Gasteiger charge is -2.20. The maximum atomic E-state index is 12.7. The third kappa shape index (κ3) is 4.81. The monoisotopic (exact) mass is 448 g/mol. The second-order valence-electron chi connectivity index (χ2n) is 6.25. The van der Waals surface area contributed by atoms with E-state index in [4.69, 9.17) is 0 Å². The highest BCUT2D eigenvalue weighted by Gasteiger charge is 2.17. The molecule has 1 fully saturated rings. The predicted molar refractivity (Wildman–Crippen MR) is 108 cm³/mol. The van der Waals surface area contributed by atoms with E-state index < -0.39 is 0 Å². The van der Waals surface area contributed by atoms with Crippen LogP contribution in [0, 0.1) is 3.57 Å². The lowest BCUT2D eigenvalue weighted by Crippen LogP contribution is -2.31. The predicted octanol–water partition coefficient (Wildman–Crippen LogP) is 4.56. The molecule has 0 unspecified atom stereocenters. The number of carbonyl (C=O) groups is 2. The molecule has 1 aliphatic rings. The Morgan fingerprint density at radius 1 is 0.880 bits per heavy atom. The minimum atomic E-state index is -0.169. The van der Waals surface area contributed by atoms with Crippen molar-refractivity contribution in [1.29, 1.82) is 0 Å². The van der Waals surface area contributed by atoms with E-state index in [-0.39, 0.29) is 11.8 Å². The fourth-order valence-corrected chi connectivity index (χ4v) is 3.56. The van der Waals surface area contributed by atoms with E-state index in [9.17, 15) is 9.59 Å². The molecule has 0 aromatic heterocycles. The minimum Gasteiger partial charge on any atom is -0.339 e. The molecule has 1 saturated heterocycles. The van der Waals surface area contributed by atoms with E-state index in [2.05, 4.69) is 27.9 Å². The molecule has 4 nitrogen and oxygen atoms in total. The van der Waals surface area contributed by atoms with Gasteiger partial charge in [-0.1, -0.05) is 25.0 Å². The topological polar surface area (TPSA) is 49.4 Å². The average Bonchev–Trinajstić information content (AvgIpc) is 2.90. The number of carbonyl (C=O) groups excluding carboxylic acids is 2. The molecule has 0 aliphatic carbocycles. The molecule has 1 N–H and O–H groups in total. The molecule has 2 aromatic rings. The highest BCUT2D eigenvalue weighted by Crippen LogP contribution is 2.17. The van der Waals surface area contributed by atoms with Gasteiger partial charge in [0.1, 0.15) is 0 Å². The SMILES string of the molecule is O=C(Nc1cccc(C(=O)N2CCCCCC2)c1)c1cccc(I)c1. The molecule has 0 atom stereocenters. The van der Waals surface area contributed by atoms with Crippen molar-refractivity contribution in [2.24, 2.45) is 0 Å². The van der Waals surface area contributed by atoms with Crippen molar-refractivity contribution >= 4 is 40.1 Å². The van der Waals surface area contributed by atoms with Gasteiger partial charge in [0.25, 0.3) is 11.8 Å². The van der Waals surface area contributed by atoms with Gasteiger partial charge < -0.3 is 10.2 Å². The molecule has 3 rings (SSSR count). The van der Waals surface area contributed by atoms with Gasteiger partial charge in [-0.2, -0.15) is 0 Å².